The van der Waals surface area contributed by atoms with Crippen LogP contribution in [-0.2, 0) is 0 Å². The van der Waals surface area contributed by atoms with Crippen molar-refractivity contribution in [3.05, 3.63) is 261 Å². The van der Waals surface area contributed by atoms with Gasteiger partial charge in [-0.3, -0.25) is 0 Å². The number of hydrogen-bond acceptors (Lipinski definition) is 2. The van der Waals surface area contributed by atoms with Crippen molar-refractivity contribution in [3.63, 3.8) is 0 Å². The number of nitrogens with zero attached hydrogens (tertiary/aromatic N) is 3. The van der Waals surface area contributed by atoms with Crippen LogP contribution in [0.3, 0.4) is 0 Å². The van der Waals surface area contributed by atoms with Crippen LogP contribution in [-0.4, -0.2) is 14.5 Å². The van der Waals surface area contributed by atoms with Crippen molar-refractivity contribution in [2.45, 2.75) is 0 Å². The summed E-state index contributed by atoms with van der Waals surface area (Å²) in [5, 5.41) is 12.4. The van der Waals surface area contributed by atoms with E-state index in [0.717, 1.165) is 39.2 Å². The predicted molar refractivity (Wildman–Crippen MR) is 299 cm³/mol. The van der Waals surface area contributed by atoms with Gasteiger partial charge in [0.2, 0.25) is 0 Å². The highest BCUT2D eigenvalue weighted by molar-refractivity contribution is 6.28. The Kier molecular flexibility index (Phi) is 9.53. The van der Waals surface area contributed by atoms with E-state index in [9.17, 15) is 0 Å². The second-order valence-electron chi connectivity index (χ2n) is 18.5. The highest BCUT2D eigenvalue weighted by Gasteiger charge is 2.20. The zero-order valence-electron chi connectivity index (χ0n) is 38.7. The van der Waals surface area contributed by atoms with Crippen molar-refractivity contribution in [2.24, 2.45) is 0 Å². The topological polar surface area (TPSA) is 30.7 Å². The second-order valence-corrected chi connectivity index (χ2v) is 18.5. The fraction of sp³-hybridized carbons (Fsp3) is 0. The van der Waals surface area contributed by atoms with Crippen molar-refractivity contribution in [3.8, 4) is 73.0 Å². The summed E-state index contributed by atoms with van der Waals surface area (Å²) in [6, 6.07) is 94.2. The molecule has 0 amide bonds. The van der Waals surface area contributed by atoms with Crippen LogP contribution >= 0.6 is 0 Å². The lowest BCUT2D eigenvalue weighted by molar-refractivity contribution is 1.17. The van der Waals surface area contributed by atoms with Gasteiger partial charge >= 0.3 is 0 Å². The normalized spacial score (nSPS) is 11.7. The third kappa shape index (κ3) is 6.89. The van der Waals surface area contributed by atoms with Gasteiger partial charge in [0, 0.05) is 33.2 Å². The molecule has 3 heteroatoms. The fourth-order valence-corrected chi connectivity index (χ4v) is 11.0. The van der Waals surface area contributed by atoms with Gasteiger partial charge in [-0.1, -0.05) is 218 Å². The SMILES string of the molecule is c1ccc(-c2nc(-c3ccc(-n4c5ccccc5c5ccccc54)cc3)cc(-c3ccc4cc(-c5ccc(-c6c7ccccc7c(-c7ccccc7)c7ccc8ccccc8c67)cc5)ccc4c3)n2)cc1. The van der Waals surface area contributed by atoms with Gasteiger partial charge < -0.3 is 4.57 Å². The van der Waals surface area contributed by atoms with Crippen molar-refractivity contribution < 1.29 is 0 Å². The van der Waals surface area contributed by atoms with Gasteiger partial charge in [0.15, 0.2) is 5.82 Å². The van der Waals surface area contributed by atoms with E-state index < -0.39 is 0 Å². The van der Waals surface area contributed by atoms with Crippen LogP contribution < -0.4 is 0 Å². The summed E-state index contributed by atoms with van der Waals surface area (Å²) in [6.07, 6.45) is 0. The molecule has 0 aliphatic heterocycles. The van der Waals surface area contributed by atoms with Crippen LogP contribution in [0.25, 0.3) is 138 Å². The molecule has 0 radical (unpaired) electrons. The van der Waals surface area contributed by atoms with Crippen molar-refractivity contribution in [1.82, 2.24) is 14.5 Å². The van der Waals surface area contributed by atoms with E-state index in [1.165, 1.54) is 92.9 Å². The lowest BCUT2D eigenvalue weighted by atomic mass is 9.84. The summed E-state index contributed by atoms with van der Waals surface area (Å²) in [5.74, 6) is 0.699. The molecular weight excluding hydrogens is 859 g/mol. The number of fused-ring (bicyclic) bond motifs is 8. The first kappa shape index (κ1) is 40.6. The Hall–Kier alpha value is -9.44. The summed E-state index contributed by atoms with van der Waals surface area (Å²) in [6.45, 7) is 0. The highest BCUT2D eigenvalue weighted by Crippen LogP contribution is 2.46. The summed E-state index contributed by atoms with van der Waals surface area (Å²) < 4.78 is 2.35. The van der Waals surface area contributed by atoms with Crippen molar-refractivity contribution in [2.75, 3.05) is 0 Å². The van der Waals surface area contributed by atoms with Gasteiger partial charge in [-0.25, -0.2) is 9.97 Å². The average Bonchev–Trinajstić information content (AvgIpc) is 3.79. The molecule has 0 atom stereocenters. The van der Waals surface area contributed by atoms with Crippen LogP contribution in [0.4, 0.5) is 0 Å². The van der Waals surface area contributed by atoms with Crippen molar-refractivity contribution in [1.29, 1.82) is 0 Å². The summed E-state index contributed by atoms with van der Waals surface area (Å²) in [5.41, 5.74) is 15.6. The Morgan fingerprint density at radius 2 is 0.718 bits per heavy atom. The zero-order valence-corrected chi connectivity index (χ0v) is 38.7. The first-order valence-corrected chi connectivity index (χ1v) is 24.3. The standard InChI is InChI=1S/C68H43N3/c1-3-16-47(17-4-1)65-58-23-9-10-24-59(58)66(67-55-20-8-7-15-45(55)37-40-60(65)67)48-29-27-44(28-30-48)50-31-32-52-42-53(34-33-51(52)41-50)62-43-61(69-68(70-62)49-18-5-2-6-19-49)46-35-38-54(39-36-46)71-63-25-13-11-21-56(63)57-22-12-14-26-64(57)71/h1-43H. The molecular formula is C68H43N3. The van der Waals surface area contributed by atoms with Gasteiger partial charge in [0.05, 0.1) is 22.4 Å². The maximum Gasteiger partial charge on any atom is 0.160 e. The molecule has 0 saturated heterocycles. The van der Waals surface area contributed by atoms with E-state index in [1.54, 1.807) is 0 Å². The summed E-state index contributed by atoms with van der Waals surface area (Å²) in [7, 11) is 0. The molecule has 0 aliphatic carbocycles. The lowest BCUT2D eigenvalue weighted by Gasteiger charge is -2.19. The van der Waals surface area contributed by atoms with E-state index in [0.29, 0.717) is 5.82 Å². The Labute approximate surface area is 411 Å². The van der Waals surface area contributed by atoms with E-state index in [1.807, 2.05) is 18.2 Å². The Morgan fingerprint density at radius 3 is 1.39 bits per heavy atom. The number of para-hydroxylation sites is 2. The van der Waals surface area contributed by atoms with E-state index in [4.69, 9.17) is 9.97 Å². The quantitative estimate of drug-likeness (QED) is 0.118. The molecule has 71 heavy (non-hydrogen) atoms. The molecule has 0 unspecified atom stereocenters. The van der Waals surface area contributed by atoms with Crippen LogP contribution in [0, 0.1) is 0 Å². The maximum absolute atomic E-state index is 5.19. The molecule has 0 saturated carbocycles. The third-order valence-corrected chi connectivity index (χ3v) is 14.4. The molecule has 3 nitrogen and oxygen atoms in total. The Bertz CT molecular complexity index is 4310. The van der Waals surface area contributed by atoms with Crippen LogP contribution in [0.5, 0.6) is 0 Å². The molecule has 2 heterocycles. The third-order valence-electron chi connectivity index (χ3n) is 14.4. The van der Waals surface area contributed by atoms with E-state index in [-0.39, 0.29) is 0 Å². The average molecular weight is 902 g/mol. The molecule has 0 spiro atoms. The maximum atomic E-state index is 5.19. The second kappa shape index (κ2) is 16.7. The fourth-order valence-electron chi connectivity index (χ4n) is 11.0. The van der Waals surface area contributed by atoms with Gasteiger partial charge in [-0.05, 0) is 119 Å². The summed E-state index contributed by atoms with van der Waals surface area (Å²) in [4.78, 5) is 10.4. The first-order chi connectivity index (χ1) is 35.2. The predicted octanol–water partition coefficient (Wildman–Crippen LogP) is 18.2. The Balaban J connectivity index is 0.824. The molecule has 14 aromatic rings. The summed E-state index contributed by atoms with van der Waals surface area (Å²) >= 11 is 0. The van der Waals surface area contributed by atoms with Crippen LogP contribution in [0.1, 0.15) is 0 Å². The van der Waals surface area contributed by atoms with Crippen molar-refractivity contribution >= 4 is 64.9 Å². The number of rotatable bonds is 7. The van der Waals surface area contributed by atoms with E-state index in [2.05, 4.69) is 247 Å². The lowest BCUT2D eigenvalue weighted by Crippen LogP contribution is -1.97. The number of hydrogen-bond donors (Lipinski definition) is 0. The molecule has 0 aliphatic rings. The first-order valence-electron chi connectivity index (χ1n) is 24.3. The Morgan fingerprint density at radius 1 is 0.254 bits per heavy atom. The van der Waals surface area contributed by atoms with Gasteiger partial charge in [-0.15, -0.1) is 0 Å². The molecule has 0 N–H and O–H groups in total. The minimum absolute atomic E-state index is 0.699. The van der Waals surface area contributed by atoms with Gasteiger partial charge in [-0.2, -0.15) is 0 Å². The molecule has 330 valence electrons. The van der Waals surface area contributed by atoms with Crippen LogP contribution in [0.15, 0.2) is 261 Å². The van der Waals surface area contributed by atoms with Gasteiger partial charge in [0.25, 0.3) is 0 Å². The molecule has 2 aromatic heterocycles. The number of benzene rings is 12. The minimum atomic E-state index is 0.699. The molecule has 0 bridgehead atoms. The largest absolute Gasteiger partial charge is 0.309 e. The van der Waals surface area contributed by atoms with E-state index >= 15 is 0 Å². The van der Waals surface area contributed by atoms with Crippen LogP contribution in [0.2, 0.25) is 0 Å². The molecule has 14 rings (SSSR count). The minimum Gasteiger partial charge on any atom is -0.309 e. The number of aromatic nitrogens is 3. The monoisotopic (exact) mass is 901 g/mol. The highest BCUT2D eigenvalue weighted by atomic mass is 15.0. The zero-order chi connectivity index (χ0) is 46.8. The molecule has 12 aromatic carbocycles. The van der Waals surface area contributed by atoms with Gasteiger partial charge in [0.1, 0.15) is 0 Å². The smallest absolute Gasteiger partial charge is 0.160 e. The molecule has 0 fully saturated rings.